The highest BCUT2D eigenvalue weighted by molar-refractivity contribution is 7.85. The summed E-state index contributed by atoms with van der Waals surface area (Å²) in [4.78, 5) is 0. The third-order valence-electron chi connectivity index (χ3n) is 7.61. The van der Waals surface area contributed by atoms with E-state index in [0.29, 0.717) is 5.44 Å². The highest BCUT2D eigenvalue weighted by Crippen LogP contribution is 2.49. The van der Waals surface area contributed by atoms with E-state index in [2.05, 4.69) is 77.9 Å². The molecular weight excluding hydrogens is 519 g/mol. The van der Waals surface area contributed by atoms with Gasteiger partial charge in [-0.05, 0) is 21.9 Å². The van der Waals surface area contributed by atoms with Crippen LogP contribution in [0, 0.1) is 0 Å². The predicted octanol–water partition coefficient (Wildman–Crippen LogP) is 8.20. The Balaban J connectivity index is 1.65. The maximum absolute atomic E-state index is 15.8. The van der Waals surface area contributed by atoms with Gasteiger partial charge in [0.15, 0.2) is 7.14 Å². The molecular formula is C37H27N2OP. The Morgan fingerprint density at radius 2 is 1.00 bits per heavy atom. The van der Waals surface area contributed by atoms with Crippen molar-refractivity contribution in [3.63, 3.8) is 0 Å². The van der Waals surface area contributed by atoms with E-state index >= 15 is 4.57 Å². The number of hydrogen-bond acceptors (Lipinski definition) is 2. The molecule has 0 atom stereocenters. The number of hydrogen-bond donors (Lipinski definition) is 1. The number of rotatable bonds is 6. The van der Waals surface area contributed by atoms with Crippen molar-refractivity contribution in [1.82, 2.24) is 10.2 Å². The van der Waals surface area contributed by atoms with Crippen molar-refractivity contribution < 1.29 is 4.57 Å². The van der Waals surface area contributed by atoms with Crippen LogP contribution in [0.1, 0.15) is 0 Å². The van der Waals surface area contributed by atoms with E-state index in [1.165, 1.54) is 0 Å². The van der Waals surface area contributed by atoms with Crippen LogP contribution in [-0.2, 0) is 4.57 Å². The Morgan fingerprint density at radius 1 is 0.488 bits per heavy atom. The van der Waals surface area contributed by atoms with Crippen molar-refractivity contribution in [2.75, 3.05) is 0 Å². The average molecular weight is 547 g/mol. The lowest BCUT2D eigenvalue weighted by molar-refractivity contribution is 0.592. The van der Waals surface area contributed by atoms with Crippen LogP contribution in [0.2, 0.25) is 0 Å². The molecule has 7 aromatic rings. The quantitative estimate of drug-likeness (QED) is 0.214. The summed E-state index contributed by atoms with van der Waals surface area (Å²) in [6.07, 6.45) is 0. The molecule has 4 heteroatoms. The van der Waals surface area contributed by atoms with Crippen molar-refractivity contribution in [1.29, 1.82) is 0 Å². The molecule has 0 aliphatic rings. The summed E-state index contributed by atoms with van der Waals surface area (Å²) in [6.45, 7) is 0. The van der Waals surface area contributed by atoms with Gasteiger partial charge in [-0.25, -0.2) is 0 Å². The molecule has 0 spiro atoms. The van der Waals surface area contributed by atoms with Gasteiger partial charge in [-0.2, -0.15) is 5.10 Å². The van der Waals surface area contributed by atoms with E-state index in [-0.39, 0.29) is 0 Å². The highest BCUT2D eigenvalue weighted by atomic mass is 31.2. The van der Waals surface area contributed by atoms with Gasteiger partial charge in [-0.1, -0.05) is 158 Å². The molecule has 0 aliphatic carbocycles. The van der Waals surface area contributed by atoms with Crippen molar-refractivity contribution in [3.8, 4) is 33.5 Å². The molecule has 7 rings (SSSR count). The van der Waals surface area contributed by atoms with Gasteiger partial charge in [0.05, 0.1) is 0 Å². The summed E-state index contributed by atoms with van der Waals surface area (Å²) in [6, 6.07) is 52.9. The number of aromatic nitrogens is 2. The van der Waals surface area contributed by atoms with Crippen molar-refractivity contribution >= 4 is 34.0 Å². The monoisotopic (exact) mass is 546 g/mol. The van der Waals surface area contributed by atoms with Gasteiger partial charge in [0.1, 0.15) is 11.1 Å². The van der Waals surface area contributed by atoms with Crippen molar-refractivity contribution in [2.24, 2.45) is 0 Å². The molecule has 0 saturated carbocycles. The van der Waals surface area contributed by atoms with E-state index in [9.17, 15) is 0 Å². The normalized spacial score (nSPS) is 11.5. The summed E-state index contributed by atoms with van der Waals surface area (Å²) in [5.74, 6) is 0. The lowest BCUT2D eigenvalue weighted by atomic mass is 9.89. The fraction of sp³-hybridized carbons (Fsp3) is 0. The first-order chi connectivity index (χ1) is 20.2. The summed E-state index contributed by atoms with van der Waals surface area (Å²) >= 11 is 0. The lowest BCUT2D eigenvalue weighted by Gasteiger charge is -2.22. The zero-order valence-electron chi connectivity index (χ0n) is 22.3. The third kappa shape index (κ3) is 4.32. The van der Waals surface area contributed by atoms with Gasteiger partial charge in [-0.3, -0.25) is 5.10 Å². The minimum absolute atomic E-state index is 0.627. The number of aromatic amines is 1. The molecule has 196 valence electrons. The van der Waals surface area contributed by atoms with Crippen LogP contribution in [0.4, 0.5) is 0 Å². The van der Waals surface area contributed by atoms with E-state index in [0.717, 1.165) is 54.9 Å². The largest absolute Gasteiger partial charge is 0.307 e. The van der Waals surface area contributed by atoms with Crippen LogP contribution in [0.5, 0.6) is 0 Å². The van der Waals surface area contributed by atoms with Gasteiger partial charge < -0.3 is 4.57 Å². The number of nitrogens with one attached hydrogen (secondary N) is 1. The minimum atomic E-state index is -3.39. The minimum Gasteiger partial charge on any atom is -0.307 e. The van der Waals surface area contributed by atoms with Crippen LogP contribution in [0.15, 0.2) is 158 Å². The molecule has 0 fully saturated rings. The molecule has 3 nitrogen and oxygen atoms in total. The fourth-order valence-corrected chi connectivity index (χ4v) is 8.41. The van der Waals surface area contributed by atoms with Crippen molar-refractivity contribution in [2.45, 2.75) is 0 Å². The van der Waals surface area contributed by atoms with Crippen LogP contribution >= 0.6 is 7.14 Å². The molecule has 6 aromatic carbocycles. The van der Waals surface area contributed by atoms with E-state index < -0.39 is 7.14 Å². The highest BCUT2D eigenvalue weighted by Gasteiger charge is 2.37. The number of H-pyrrole nitrogens is 1. The first-order valence-electron chi connectivity index (χ1n) is 13.7. The molecule has 1 aromatic heterocycles. The van der Waals surface area contributed by atoms with Gasteiger partial charge in [0.2, 0.25) is 0 Å². The topological polar surface area (TPSA) is 45.8 Å². The summed E-state index contributed by atoms with van der Waals surface area (Å²) in [5, 5.41) is 12.0. The van der Waals surface area contributed by atoms with E-state index in [4.69, 9.17) is 5.10 Å². The van der Waals surface area contributed by atoms with Gasteiger partial charge in [-0.15, -0.1) is 0 Å². The van der Waals surface area contributed by atoms with E-state index in [1.54, 1.807) is 0 Å². The predicted molar refractivity (Wildman–Crippen MR) is 172 cm³/mol. The zero-order valence-corrected chi connectivity index (χ0v) is 23.2. The molecule has 0 unspecified atom stereocenters. The Hall–Kier alpha value is -4.98. The molecule has 0 bridgehead atoms. The molecule has 41 heavy (non-hydrogen) atoms. The molecule has 0 saturated heterocycles. The van der Waals surface area contributed by atoms with E-state index in [1.807, 2.05) is 84.9 Å². The second-order valence-electron chi connectivity index (χ2n) is 10.0. The Labute approximate surface area is 239 Å². The summed E-state index contributed by atoms with van der Waals surface area (Å²) in [5.41, 5.74) is 6.41. The average Bonchev–Trinajstić information content (AvgIpc) is 3.51. The third-order valence-corrected chi connectivity index (χ3v) is 10.6. The molecule has 0 radical (unpaired) electrons. The van der Waals surface area contributed by atoms with Crippen LogP contribution in [0.3, 0.4) is 0 Å². The first-order valence-corrected chi connectivity index (χ1v) is 15.4. The number of nitrogens with zero attached hydrogens (tertiary/aromatic N) is 1. The Bertz CT molecular complexity index is 1960. The summed E-state index contributed by atoms with van der Waals surface area (Å²) < 4.78 is 15.8. The molecule has 1 N–H and O–H groups in total. The molecule has 1 heterocycles. The number of benzene rings is 6. The zero-order chi connectivity index (χ0) is 27.6. The standard InChI is InChI=1S/C37H27N2OP/c40-41(30-20-9-3-10-21-30,31-22-11-4-12-23-31)37-35(36(38-39-37)29-18-7-2-8-19-29)34-32-24-14-13-17-28(32)25-26-33(34)27-15-5-1-6-16-27/h1-26H,(H,38,39). The van der Waals surface area contributed by atoms with Crippen LogP contribution < -0.4 is 16.0 Å². The molecule has 0 aliphatic heterocycles. The van der Waals surface area contributed by atoms with Gasteiger partial charge in [0, 0.05) is 27.3 Å². The Morgan fingerprint density at radius 3 is 1.61 bits per heavy atom. The maximum Gasteiger partial charge on any atom is 0.188 e. The maximum atomic E-state index is 15.8. The summed E-state index contributed by atoms with van der Waals surface area (Å²) in [7, 11) is -3.39. The SMILES string of the molecule is O=P(c1ccccc1)(c1ccccc1)c1[nH]nc(-c2ccccc2)c1-c1c(-c2ccccc2)ccc2ccccc12. The number of fused-ring (bicyclic) bond motifs is 1. The van der Waals surface area contributed by atoms with Gasteiger partial charge in [0.25, 0.3) is 0 Å². The molecule has 0 amide bonds. The first kappa shape index (κ1) is 25.0. The second kappa shape index (κ2) is 10.5. The lowest BCUT2D eigenvalue weighted by Crippen LogP contribution is -2.27. The Kier molecular flexibility index (Phi) is 6.43. The van der Waals surface area contributed by atoms with Crippen molar-refractivity contribution in [3.05, 3.63) is 158 Å². The van der Waals surface area contributed by atoms with Crippen LogP contribution in [-0.4, -0.2) is 10.2 Å². The fourth-order valence-electron chi connectivity index (χ4n) is 5.68. The van der Waals surface area contributed by atoms with Crippen LogP contribution in [0.25, 0.3) is 44.3 Å². The second-order valence-corrected chi connectivity index (χ2v) is 12.7. The smallest absolute Gasteiger partial charge is 0.188 e. The van der Waals surface area contributed by atoms with Gasteiger partial charge >= 0.3 is 0 Å².